The molecule has 5 rings (SSSR count). The van der Waals surface area contributed by atoms with Crippen molar-refractivity contribution in [2.75, 3.05) is 23.9 Å². The lowest BCUT2D eigenvalue weighted by atomic mass is 10.1. The van der Waals surface area contributed by atoms with Crippen LogP contribution in [0.5, 0.6) is 5.75 Å². The topological polar surface area (TPSA) is 71.8 Å². The minimum Gasteiger partial charge on any atom is -0.495 e. The van der Waals surface area contributed by atoms with Gasteiger partial charge in [-0.3, -0.25) is 9.59 Å². The van der Waals surface area contributed by atoms with Gasteiger partial charge in [0, 0.05) is 40.5 Å². The summed E-state index contributed by atoms with van der Waals surface area (Å²) in [6, 6.07) is 18.5. The third kappa shape index (κ3) is 3.49. The maximum absolute atomic E-state index is 12.9. The van der Waals surface area contributed by atoms with Crippen molar-refractivity contribution in [1.29, 1.82) is 0 Å². The highest BCUT2D eigenvalue weighted by Crippen LogP contribution is 2.36. The molecule has 2 amide bonds. The Morgan fingerprint density at radius 2 is 1.90 bits per heavy atom. The maximum Gasteiger partial charge on any atom is 0.229 e. The number of nitrogens with zero attached hydrogens (tertiary/aromatic N) is 1. The molecule has 1 N–H and O–H groups in total. The fourth-order valence-electron chi connectivity index (χ4n) is 4.04. The van der Waals surface area contributed by atoms with Gasteiger partial charge in [-0.05, 0) is 36.4 Å². The Morgan fingerprint density at radius 3 is 2.74 bits per heavy atom. The summed E-state index contributed by atoms with van der Waals surface area (Å²) in [7, 11) is 1.53. The number of nitrogens with one attached hydrogen (secondary N) is 1. The monoisotopic (exact) mass is 434 g/mol. The molecule has 1 aliphatic heterocycles. The van der Waals surface area contributed by atoms with Crippen LogP contribution in [-0.2, 0) is 9.59 Å². The van der Waals surface area contributed by atoms with Gasteiger partial charge >= 0.3 is 0 Å². The van der Waals surface area contributed by atoms with Gasteiger partial charge < -0.3 is 19.4 Å². The van der Waals surface area contributed by atoms with E-state index in [4.69, 9.17) is 20.8 Å². The molecule has 1 fully saturated rings. The van der Waals surface area contributed by atoms with Crippen LogP contribution in [0.4, 0.5) is 11.4 Å². The van der Waals surface area contributed by atoms with Crippen molar-refractivity contribution in [3.05, 3.63) is 65.7 Å². The van der Waals surface area contributed by atoms with Crippen molar-refractivity contribution >= 4 is 56.7 Å². The number of benzene rings is 3. The summed E-state index contributed by atoms with van der Waals surface area (Å²) in [6.07, 6.45) is 0.119. The van der Waals surface area contributed by atoms with Crippen molar-refractivity contribution < 1.29 is 18.7 Å². The fraction of sp³-hybridized carbons (Fsp3) is 0.167. The van der Waals surface area contributed by atoms with Crippen LogP contribution in [0.3, 0.4) is 0 Å². The first-order valence-corrected chi connectivity index (χ1v) is 10.3. The number of para-hydroxylation sites is 1. The molecule has 0 unspecified atom stereocenters. The number of carbonyl (C=O) groups is 2. The zero-order chi connectivity index (χ0) is 21.5. The van der Waals surface area contributed by atoms with Crippen molar-refractivity contribution in [2.24, 2.45) is 5.92 Å². The van der Waals surface area contributed by atoms with Gasteiger partial charge in [-0.25, -0.2) is 0 Å². The molecule has 0 saturated carbocycles. The van der Waals surface area contributed by atoms with E-state index >= 15 is 0 Å². The first-order chi connectivity index (χ1) is 15.0. The van der Waals surface area contributed by atoms with E-state index in [1.54, 1.807) is 23.1 Å². The number of hydrogen-bond donors (Lipinski definition) is 1. The molecular formula is C24H19ClN2O4. The van der Waals surface area contributed by atoms with E-state index in [9.17, 15) is 9.59 Å². The first kappa shape index (κ1) is 19.5. The fourth-order valence-corrected chi connectivity index (χ4v) is 4.20. The van der Waals surface area contributed by atoms with Gasteiger partial charge in [0.1, 0.15) is 16.9 Å². The van der Waals surface area contributed by atoms with Gasteiger partial charge in [-0.2, -0.15) is 0 Å². The molecule has 4 aromatic rings. The van der Waals surface area contributed by atoms with Gasteiger partial charge in [0.05, 0.1) is 18.7 Å². The second-order valence-corrected chi connectivity index (χ2v) is 7.96. The van der Waals surface area contributed by atoms with Gasteiger partial charge in [-0.1, -0.05) is 29.8 Å². The van der Waals surface area contributed by atoms with Crippen molar-refractivity contribution in [1.82, 2.24) is 0 Å². The Morgan fingerprint density at radius 1 is 1.10 bits per heavy atom. The van der Waals surface area contributed by atoms with Gasteiger partial charge in [0.15, 0.2) is 0 Å². The van der Waals surface area contributed by atoms with Crippen LogP contribution in [0.2, 0.25) is 5.02 Å². The molecule has 0 bridgehead atoms. The number of halogens is 1. The summed E-state index contributed by atoms with van der Waals surface area (Å²) >= 11 is 6.10. The molecule has 2 heterocycles. The summed E-state index contributed by atoms with van der Waals surface area (Å²) in [5.74, 6) is -0.308. The number of fused-ring (bicyclic) bond motifs is 3. The predicted molar refractivity (Wildman–Crippen MR) is 121 cm³/mol. The van der Waals surface area contributed by atoms with Crippen molar-refractivity contribution in [3.8, 4) is 5.75 Å². The molecule has 0 spiro atoms. The number of furan rings is 1. The third-order valence-electron chi connectivity index (χ3n) is 5.57. The Labute approximate surface area is 183 Å². The number of amides is 2. The summed E-state index contributed by atoms with van der Waals surface area (Å²) in [4.78, 5) is 27.1. The number of rotatable bonds is 4. The molecule has 6 nitrogen and oxygen atoms in total. The highest BCUT2D eigenvalue weighted by atomic mass is 35.5. The van der Waals surface area contributed by atoms with Gasteiger partial charge in [0.25, 0.3) is 0 Å². The maximum atomic E-state index is 12.9. The summed E-state index contributed by atoms with van der Waals surface area (Å²) < 4.78 is 11.2. The molecule has 1 aliphatic rings. The van der Waals surface area contributed by atoms with Crippen LogP contribution in [0.1, 0.15) is 6.42 Å². The Kier molecular flexibility index (Phi) is 4.79. The van der Waals surface area contributed by atoms with Crippen LogP contribution < -0.4 is 15.0 Å². The number of hydrogen-bond acceptors (Lipinski definition) is 4. The van der Waals surface area contributed by atoms with Crippen LogP contribution in [0.25, 0.3) is 21.9 Å². The van der Waals surface area contributed by atoms with E-state index in [0.29, 0.717) is 27.7 Å². The zero-order valence-electron chi connectivity index (χ0n) is 16.7. The van der Waals surface area contributed by atoms with Crippen LogP contribution in [0.15, 0.2) is 65.1 Å². The number of carbonyl (C=O) groups excluding carboxylic acids is 2. The molecule has 1 atom stereocenters. The first-order valence-electron chi connectivity index (χ1n) is 9.89. The second-order valence-electron chi connectivity index (χ2n) is 7.52. The number of methoxy groups -OCH3 is 1. The highest BCUT2D eigenvalue weighted by molar-refractivity contribution is 6.31. The average molecular weight is 435 g/mol. The lowest BCUT2D eigenvalue weighted by molar-refractivity contribution is -0.122. The summed E-state index contributed by atoms with van der Waals surface area (Å²) in [5, 5.41) is 5.43. The van der Waals surface area contributed by atoms with Crippen molar-refractivity contribution in [2.45, 2.75) is 6.42 Å². The molecule has 0 aliphatic carbocycles. The average Bonchev–Trinajstić information content (AvgIpc) is 3.33. The summed E-state index contributed by atoms with van der Waals surface area (Å²) in [6.45, 7) is 0.258. The third-order valence-corrected chi connectivity index (χ3v) is 5.81. The Balaban J connectivity index is 1.36. The highest BCUT2D eigenvalue weighted by Gasteiger charge is 2.36. The molecule has 31 heavy (non-hydrogen) atoms. The molecule has 7 heteroatoms. The number of ether oxygens (including phenoxy) is 1. The van der Waals surface area contributed by atoms with Gasteiger partial charge in [-0.15, -0.1) is 0 Å². The smallest absolute Gasteiger partial charge is 0.229 e. The Bertz CT molecular complexity index is 1330. The molecule has 3 aromatic carbocycles. The van der Waals surface area contributed by atoms with Crippen molar-refractivity contribution in [3.63, 3.8) is 0 Å². The molecular weight excluding hydrogens is 416 g/mol. The summed E-state index contributed by atoms with van der Waals surface area (Å²) in [5.41, 5.74) is 2.70. The van der Waals surface area contributed by atoms with E-state index in [1.165, 1.54) is 7.11 Å². The Hall–Kier alpha value is -3.51. The quantitative estimate of drug-likeness (QED) is 0.476. The molecule has 156 valence electrons. The van der Waals surface area contributed by atoms with Crippen LogP contribution in [-0.4, -0.2) is 25.5 Å². The van der Waals surface area contributed by atoms with Crippen LogP contribution >= 0.6 is 11.6 Å². The predicted octanol–water partition coefficient (Wildman–Crippen LogP) is 5.24. The number of anilines is 2. The minimum atomic E-state index is -0.484. The van der Waals surface area contributed by atoms with E-state index in [2.05, 4.69) is 5.32 Å². The van der Waals surface area contributed by atoms with Crippen LogP contribution in [0, 0.1) is 5.92 Å². The standard InChI is InChI=1S/C24H19ClN2O4/c1-30-21-9-6-15(25)11-19(21)27-13-14(10-23(27)28)24(29)26-16-7-8-18-17-4-2-3-5-20(17)31-22(18)12-16/h2-9,11-12,14H,10,13H2,1H3,(H,26,29)/t14-/m1/s1. The van der Waals surface area contributed by atoms with Gasteiger partial charge in [0.2, 0.25) is 11.8 Å². The molecule has 1 aromatic heterocycles. The van der Waals surface area contributed by atoms with E-state index < -0.39 is 5.92 Å². The largest absolute Gasteiger partial charge is 0.495 e. The molecule has 0 radical (unpaired) electrons. The molecule has 1 saturated heterocycles. The lowest BCUT2D eigenvalue weighted by Crippen LogP contribution is -2.28. The zero-order valence-corrected chi connectivity index (χ0v) is 17.5. The lowest BCUT2D eigenvalue weighted by Gasteiger charge is -2.19. The minimum absolute atomic E-state index is 0.119. The van der Waals surface area contributed by atoms with E-state index in [1.807, 2.05) is 42.5 Å². The van der Waals surface area contributed by atoms with E-state index in [0.717, 1.165) is 16.4 Å². The normalized spacial score (nSPS) is 16.3. The van der Waals surface area contributed by atoms with E-state index in [-0.39, 0.29) is 24.8 Å². The second kappa shape index (κ2) is 7.63. The SMILES string of the molecule is COc1ccc(Cl)cc1N1C[C@H](C(=O)Nc2ccc3c(c2)oc2ccccc23)CC1=O.